The van der Waals surface area contributed by atoms with Crippen molar-refractivity contribution in [2.45, 2.75) is 13.8 Å². The highest BCUT2D eigenvalue weighted by atomic mass is 32.2. The summed E-state index contributed by atoms with van der Waals surface area (Å²) in [5.41, 5.74) is 0.616. The molecule has 0 saturated carbocycles. The predicted molar refractivity (Wildman–Crippen MR) is 70.0 cm³/mol. The van der Waals surface area contributed by atoms with Gasteiger partial charge in [-0.25, -0.2) is 4.39 Å². The summed E-state index contributed by atoms with van der Waals surface area (Å²) >= 11 is 1.12. The molecule has 0 radical (unpaired) electrons. The number of nitrogens with zero attached hydrogens (tertiary/aromatic N) is 1. The molecule has 1 aromatic carbocycles. The Morgan fingerprint density at radius 1 is 1.56 bits per heavy atom. The summed E-state index contributed by atoms with van der Waals surface area (Å²) in [5, 5.41) is 10.7. The number of rotatable bonds is 4. The van der Waals surface area contributed by atoms with Crippen LogP contribution in [-0.4, -0.2) is 15.8 Å². The van der Waals surface area contributed by atoms with E-state index in [0.29, 0.717) is 16.9 Å². The number of thioether (sulfide) groups is 1. The zero-order valence-corrected chi connectivity index (χ0v) is 10.8. The molecule has 0 saturated heterocycles. The van der Waals surface area contributed by atoms with Gasteiger partial charge < -0.3 is 0 Å². The van der Waals surface area contributed by atoms with Crippen LogP contribution < -0.4 is 0 Å². The van der Waals surface area contributed by atoms with E-state index in [0.717, 1.165) is 17.8 Å². The lowest BCUT2D eigenvalue weighted by molar-refractivity contribution is -0.385. The molecular formula is C12H12FNO3S. The first-order valence-electron chi connectivity index (χ1n) is 5.16. The van der Waals surface area contributed by atoms with Gasteiger partial charge in [-0.1, -0.05) is 23.9 Å². The number of hydrogen-bond donors (Lipinski definition) is 0. The van der Waals surface area contributed by atoms with Crippen molar-refractivity contribution in [1.29, 1.82) is 0 Å². The van der Waals surface area contributed by atoms with E-state index in [1.54, 1.807) is 19.1 Å². The second-order valence-corrected chi connectivity index (χ2v) is 4.80. The van der Waals surface area contributed by atoms with Crippen molar-refractivity contribution in [3.63, 3.8) is 0 Å². The molecule has 96 valence electrons. The van der Waals surface area contributed by atoms with Crippen molar-refractivity contribution in [3.05, 3.63) is 45.3 Å². The summed E-state index contributed by atoms with van der Waals surface area (Å²) in [7, 11) is 0. The van der Waals surface area contributed by atoms with Gasteiger partial charge in [-0.2, -0.15) is 0 Å². The van der Waals surface area contributed by atoms with Gasteiger partial charge in [0.25, 0.3) is 5.69 Å². The van der Waals surface area contributed by atoms with Crippen LogP contribution in [0.1, 0.15) is 18.1 Å². The Balaban J connectivity index is 2.95. The van der Waals surface area contributed by atoms with Crippen LogP contribution in [-0.2, 0) is 4.79 Å². The van der Waals surface area contributed by atoms with Crippen LogP contribution in [0.15, 0.2) is 18.2 Å². The van der Waals surface area contributed by atoms with Gasteiger partial charge in [0.05, 0.1) is 11.0 Å². The Morgan fingerprint density at radius 3 is 2.78 bits per heavy atom. The van der Waals surface area contributed by atoms with E-state index in [-0.39, 0.29) is 10.8 Å². The van der Waals surface area contributed by atoms with Crippen molar-refractivity contribution in [1.82, 2.24) is 0 Å². The normalized spacial score (nSPS) is 10.8. The van der Waals surface area contributed by atoms with Crippen LogP contribution in [0.3, 0.4) is 0 Å². The average molecular weight is 269 g/mol. The van der Waals surface area contributed by atoms with Crippen molar-refractivity contribution >= 4 is 28.6 Å². The Kier molecular flexibility index (Phi) is 5.03. The van der Waals surface area contributed by atoms with Gasteiger partial charge in [0.2, 0.25) is 0 Å². The fraction of sp³-hybridized carbons (Fsp3) is 0.250. The number of carbonyl (C=O) groups excluding carboxylic acids is 1. The number of nitro benzene ring substituents is 1. The minimum atomic E-state index is -0.647. The first kappa shape index (κ1) is 14.4. The molecule has 0 heterocycles. The summed E-state index contributed by atoms with van der Waals surface area (Å²) in [4.78, 5) is 20.8. The molecule has 4 nitrogen and oxygen atoms in total. The molecule has 0 fully saturated rings. The van der Waals surface area contributed by atoms with E-state index in [1.807, 2.05) is 0 Å². The Morgan fingerprint density at radius 2 is 2.22 bits per heavy atom. The lowest BCUT2D eigenvalue weighted by atomic mass is 10.1. The average Bonchev–Trinajstić information content (AvgIpc) is 2.27. The molecule has 0 aliphatic heterocycles. The van der Waals surface area contributed by atoms with Gasteiger partial charge in [0.15, 0.2) is 5.12 Å². The van der Waals surface area contributed by atoms with E-state index in [1.165, 1.54) is 13.0 Å². The topological polar surface area (TPSA) is 60.2 Å². The molecule has 0 aromatic heterocycles. The quantitative estimate of drug-likeness (QED) is 0.621. The molecule has 0 atom stereocenters. The van der Waals surface area contributed by atoms with Gasteiger partial charge in [-0.15, -0.1) is 0 Å². The number of halogens is 1. The highest BCUT2D eigenvalue weighted by molar-refractivity contribution is 8.13. The van der Waals surface area contributed by atoms with E-state index in [4.69, 9.17) is 0 Å². The van der Waals surface area contributed by atoms with Crippen LogP contribution in [0.2, 0.25) is 0 Å². The molecule has 0 aliphatic rings. The van der Waals surface area contributed by atoms with Gasteiger partial charge in [0.1, 0.15) is 5.82 Å². The number of carbonyl (C=O) groups is 1. The zero-order chi connectivity index (χ0) is 13.7. The highest BCUT2D eigenvalue weighted by Gasteiger charge is 2.14. The minimum absolute atomic E-state index is 0.0124. The number of nitro groups is 1. The summed E-state index contributed by atoms with van der Waals surface area (Å²) < 4.78 is 13.2. The molecule has 0 N–H and O–H groups in total. The standard InChI is InChI=1S/C12H12FNO3S/c1-8-10(4-3-5-18-9(2)15)6-11(13)7-12(8)14(16)17/h3-4,6-7H,5H2,1-2H3. The van der Waals surface area contributed by atoms with E-state index < -0.39 is 10.7 Å². The van der Waals surface area contributed by atoms with Crippen LogP contribution in [0.4, 0.5) is 10.1 Å². The zero-order valence-electron chi connectivity index (χ0n) is 9.97. The van der Waals surface area contributed by atoms with Gasteiger partial charge in [-0.05, 0) is 18.6 Å². The maximum Gasteiger partial charge on any atom is 0.275 e. The van der Waals surface area contributed by atoms with Crippen molar-refractivity contribution in [2.24, 2.45) is 0 Å². The molecule has 1 aromatic rings. The Bertz CT molecular complexity index is 514. The molecule has 0 unspecified atom stereocenters. The molecule has 0 bridgehead atoms. The lowest BCUT2D eigenvalue weighted by Crippen LogP contribution is -1.95. The van der Waals surface area contributed by atoms with Crippen LogP contribution in [0.5, 0.6) is 0 Å². The largest absolute Gasteiger partial charge is 0.288 e. The van der Waals surface area contributed by atoms with Crippen LogP contribution in [0.25, 0.3) is 6.08 Å². The molecule has 0 spiro atoms. The third kappa shape index (κ3) is 3.96. The summed E-state index contributed by atoms with van der Waals surface area (Å²) in [6, 6.07) is 2.13. The van der Waals surface area contributed by atoms with E-state index in [9.17, 15) is 19.3 Å². The maximum absolute atomic E-state index is 13.2. The fourth-order valence-corrected chi connectivity index (χ4v) is 1.82. The maximum atomic E-state index is 13.2. The van der Waals surface area contributed by atoms with E-state index in [2.05, 4.69) is 0 Å². The fourth-order valence-electron chi connectivity index (χ4n) is 1.39. The molecule has 0 amide bonds. The minimum Gasteiger partial charge on any atom is -0.288 e. The van der Waals surface area contributed by atoms with Gasteiger partial charge >= 0.3 is 0 Å². The number of benzene rings is 1. The van der Waals surface area contributed by atoms with Crippen LogP contribution >= 0.6 is 11.8 Å². The monoisotopic (exact) mass is 269 g/mol. The summed E-state index contributed by atoms with van der Waals surface area (Å²) in [6.07, 6.45) is 3.26. The third-order valence-electron chi connectivity index (χ3n) is 2.26. The molecule has 6 heteroatoms. The molecule has 18 heavy (non-hydrogen) atoms. The van der Waals surface area contributed by atoms with E-state index >= 15 is 0 Å². The summed E-state index contributed by atoms with van der Waals surface area (Å²) in [5.74, 6) is -0.190. The van der Waals surface area contributed by atoms with Crippen molar-refractivity contribution in [2.75, 3.05) is 5.75 Å². The first-order valence-corrected chi connectivity index (χ1v) is 6.15. The Labute approximate surface area is 108 Å². The van der Waals surface area contributed by atoms with Crippen molar-refractivity contribution < 1.29 is 14.1 Å². The molecule has 0 aliphatic carbocycles. The number of hydrogen-bond acceptors (Lipinski definition) is 4. The smallest absolute Gasteiger partial charge is 0.275 e. The SMILES string of the molecule is CC(=O)SCC=Cc1cc(F)cc([N+](=O)[O-])c1C. The van der Waals surface area contributed by atoms with Gasteiger partial charge in [-0.3, -0.25) is 14.9 Å². The second-order valence-electron chi connectivity index (χ2n) is 3.60. The lowest BCUT2D eigenvalue weighted by Gasteiger charge is -2.02. The predicted octanol–water partition coefficient (Wildman–Crippen LogP) is 3.34. The van der Waals surface area contributed by atoms with Gasteiger partial charge in [0, 0.05) is 18.2 Å². The molecular weight excluding hydrogens is 257 g/mol. The highest BCUT2D eigenvalue weighted by Crippen LogP contribution is 2.24. The third-order valence-corrected chi connectivity index (χ3v) is 3.03. The second kappa shape index (κ2) is 6.30. The Hall–Kier alpha value is -1.69. The molecule has 1 rings (SSSR count). The van der Waals surface area contributed by atoms with Crippen LogP contribution in [0, 0.1) is 22.9 Å². The van der Waals surface area contributed by atoms with Crippen molar-refractivity contribution in [3.8, 4) is 0 Å². The first-order chi connectivity index (χ1) is 8.41. The summed E-state index contributed by atoms with van der Waals surface area (Å²) in [6.45, 7) is 3.02.